The van der Waals surface area contributed by atoms with Crippen LogP contribution in [-0.2, 0) is 4.79 Å². The molecule has 2 N–H and O–H groups in total. The zero-order valence-corrected chi connectivity index (χ0v) is 9.23. The van der Waals surface area contributed by atoms with Crippen molar-refractivity contribution in [3.05, 3.63) is 23.4 Å². The first-order valence-electron chi connectivity index (χ1n) is 4.44. The van der Waals surface area contributed by atoms with E-state index >= 15 is 0 Å². The fraction of sp³-hybridized carbons (Fsp3) is 0.400. The van der Waals surface area contributed by atoms with Crippen molar-refractivity contribution < 1.29 is 4.79 Å². The molecule has 0 radical (unpaired) electrons. The summed E-state index contributed by atoms with van der Waals surface area (Å²) in [5, 5.41) is 0.962. The number of amides is 1. The predicted octanol–water partition coefficient (Wildman–Crippen LogP) is 1.67. The molecule has 1 amide bonds. The first-order chi connectivity index (χ1) is 6.58. The van der Waals surface area contributed by atoms with Gasteiger partial charge in [0.25, 0.3) is 0 Å². The van der Waals surface area contributed by atoms with E-state index in [2.05, 4.69) is 4.98 Å². The second kappa shape index (κ2) is 5.00. The van der Waals surface area contributed by atoms with E-state index in [-0.39, 0.29) is 5.91 Å². The van der Waals surface area contributed by atoms with Gasteiger partial charge in [-0.1, -0.05) is 0 Å². The fourth-order valence-electron chi connectivity index (χ4n) is 1.13. The maximum atomic E-state index is 10.5. The minimum atomic E-state index is -0.262. The molecule has 0 spiro atoms. The van der Waals surface area contributed by atoms with Crippen molar-refractivity contribution in [2.45, 2.75) is 25.3 Å². The third kappa shape index (κ3) is 3.79. The third-order valence-electron chi connectivity index (χ3n) is 1.67. The molecule has 1 rings (SSSR count). The van der Waals surface area contributed by atoms with Crippen LogP contribution in [0.5, 0.6) is 0 Å². The summed E-state index contributed by atoms with van der Waals surface area (Å²) in [7, 11) is 0. The Balaban J connectivity index is 2.54. The van der Waals surface area contributed by atoms with Crippen LogP contribution in [0.15, 0.2) is 17.2 Å². The number of pyridine rings is 1. The second-order valence-electron chi connectivity index (χ2n) is 3.19. The van der Waals surface area contributed by atoms with Gasteiger partial charge in [-0.2, -0.15) is 0 Å². The van der Waals surface area contributed by atoms with Crippen LogP contribution in [0.25, 0.3) is 0 Å². The van der Waals surface area contributed by atoms with Crippen molar-refractivity contribution in [1.82, 2.24) is 4.98 Å². The Labute approximate surface area is 88.1 Å². The highest BCUT2D eigenvalue weighted by Crippen LogP contribution is 2.18. The molecular formula is C10H14N2OS. The Morgan fingerprint density at radius 2 is 2.21 bits per heavy atom. The van der Waals surface area contributed by atoms with Gasteiger partial charge in [-0.15, -0.1) is 11.8 Å². The largest absolute Gasteiger partial charge is 0.370 e. The summed E-state index contributed by atoms with van der Waals surface area (Å²) < 4.78 is 0. The summed E-state index contributed by atoms with van der Waals surface area (Å²) in [5.74, 6) is 0.437. The van der Waals surface area contributed by atoms with Crippen molar-refractivity contribution >= 4 is 17.7 Å². The monoisotopic (exact) mass is 210 g/mol. The van der Waals surface area contributed by atoms with Crippen molar-refractivity contribution in [3.8, 4) is 0 Å². The van der Waals surface area contributed by atoms with Crippen LogP contribution in [0.3, 0.4) is 0 Å². The average molecular weight is 210 g/mol. The number of hydrogen-bond donors (Lipinski definition) is 1. The number of carbonyl (C=O) groups is 1. The van der Waals surface area contributed by atoms with E-state index in [1.807, 2.05) is 26.0 Å². The van der Waals surface area contributed by atoms with Gasteiger partial charge >= 0.3 is 0 Å². The molecule has 4 heteroatoms. The molecule has 76 valence electrons. The van der Waals surface area contributed by atoms with Crippen molar-refractivity contribution in [3.63, 3.8) is 0 Å². The standard InChI is InChI=1S/C10H14N2OS/c1-7-5-8(2)12-10(6-7)14-4-3-9(11)13/h5-6H,3-4H2,1-2H3,(H2,11,13). The minimum Gasteiger partial charge on any atom is -0.370 e. The number of hydrogen-bond acceptors (Lipinski definition) is 3. The van der Waals surface area contributed by atoms with Crippen LogP contribution in [0.1, 0.15) is 17.7 Å². The van der Waals surface area contributed by atoms with Gasteiger partial charge in [0.05, 0.1) is 5.03 Å². The number of primary amides is 1. The van der Waals surface area contributed by atoms with Gasteiger partial charge in [0.2, 0.25) is 5.91 Å². The van der Waals surface area contributed by atoms with Gasteiger partial charge in [-0.3, -0.25) is 4.79 Å². The first-order valence-corrected chi connectivity index (χ1v) is 5.43. The Morgan fingerprint density at radius 1 is 1.50 bits per heavy atom. The average Bonchev–Trinajstić information content (AvgIpc) is 2.01. The maximum Gasteiger partial charge on any atom is 0.218 e. The molecule has 0 aliphatic carbocycles. The highest BCUT2D eigenvalue weighted by molar-refractivity contribution is 7.99. The lowest BCUT2D eigenvalue weighted by Gasteiger charge is -2.02. The molecule has 0 atom stereocenters. The van der Waals surface area contributed by atoms with Crippen LogP contribution in [0.2, 0.25) is 0 Å². The molecule has 0 saturated heterocycles. The Hall–Kier alpha value is -1.03. The number of thioether (sulfide) groups is 1. The van der Waals surface area contributed by atoms with Crippen LogP contribution >= 0.6 is 11.8 Å². The molecule has 0 unspecified atom stereocenters. The molecule has 0 aliphatic heterocycles. The van der Waals surface area contributed by atoms with E-state index in [1.165, 1.54) is 5.56 Å². The lowest BCUT2D eigenvalue weighted by molar-refractivity contribution is -0.117. The lowest BCUT2D eigenvalue weighted by Crippen LogP contribution is -2.10. The number of rotatable bonds is 4. The highest BCUT2D eigenvalue weighted by atomic mass is 32.2. The quantitative estimate of drug-likeness (QED) is 0.769. The summed E-state index contributed by atoms with van der Waals surface area (Å²) in [6.45, 7) is 4.00. The van der Waals surface area contributed by atoms with Crippen molar-refractivity contribution in [2.24, 2.45) is 5.73 Å². The van der Waals surface area contributed by atoms with Gasteiger partial charge in [-0.05, 0) is 31.5 Å². The van der Waals surface area contributed by atoms with Gasteiger partial charge in [0, 0.05) is 17.9 Å². The van der Waals surface area contributed by atoms with Gasteiger partial charge < -0.3 is 5.73 Å². The fourth-order valence-corrected chi connectivity index (χ4v) is 2.12. The Morgan fingerprint density at radius 3 is 2.79 bits per heavy atom. The SMILES string of the molecule is Cc1cc(C)nc(SCCC(N)=O)c1. The molecule has 1 aromatic rings. The number of carbonyl (C=O) groups excluding carboxylic acids is 1. The van der Waals surface area contributed by atoms with Crippen molar-refractivity contribution in [1.29, 1.82) is 0 Å². The maximum absolute atomic E-state index is 10.5. The smallest absolute Gasteiger partial charge is 0.218 e. The van der Waals surface area contributed by atoms with Crippen LogP contribution in [0.4, 0.5) is 0 Å². The van der Waals surface area contributed by atoms with Crippen LogP contribution < -0.4 is 5.73 Å². The van der Waals surface area contributed by atoms with E-state index in [4.69, 9.17) is 5.73 Å². The summed E-state index contributed by atoms with van der Waals surface area (Å²) in [6, 6.07) is 4.04. The van der Waals surface area contributed by atoms with Gasteiger partial charge in [0.15, 0.2) is 0 Å². The summed E-state index contributed by atoms with van der Waals surface area (Å²) in [4.78, 5) is 14.9. The van der Waals surface area contributed by atoms with E-state index in [9.17, 15) is 4.79 Å². The van der Waals surface area contributed by atoms with Crippen LogP contribution in [-0.4, -0.2) is 16.6 Å². The molecule has 14 heavy (non-hydrogen) atoms. The molecule has 0 fully saturated rings. The normalized spacial score (nSPS) is 10.1. The van der Waals surface area contributed by atoms with Gasteiger partial charge in [0.1, 0.15) is 0 Å². The zero-order valence-electron chi connectivity index (χ0n) is 8.41. The van der Waals surface area contributed by atoms with Crippen molar-refractivity contribution in [2.75, 3.05) is 5.75 Å². The summed E-state index contributed by atoms with van der Waals surface area (Å²) in [5.41, 5.74) is 7.24. The third-order valence-corrected chi connectivity index (χ3v) is 2.59. The number of nitrogens with zero attached hydrogens (tertiary/aromatic N) is 1. The predicted molar refractivity (Wildman–Crippen MR) is 58.2 cm³/mol. The van der Waals surface area contributed by atoms with E-state index in [0.29, 0.717) is 12.2 Å². The first kappa shape index (κ1) is 11.0. The number of aryl methyl sites for hydroxylation is 2. The highest BCUT2D eigenvalue weighted by Gasteiger charge is 2.00. The number of aromatic nitrogens is 1. The second-order valence-corrected chi connectivity index (χ2v) is 4.30. The topological polar surface area (TPSA) is 56.0 Å². The van der Waals surface area contributed by atoms with E-state index < -0.39 is 0 Å². The minimum absolute atomic E-state index is 0.262. The molecule has 3 nitrogen and oxygen atoms in total. The summed E-state index contributed by atoms with van der Waals surface area (Å²) >= 11 is 1.57. The Kier molecular flexibility index (Phi) is 3.95. The molecule has 0 bridgehead atoms. The molecule has 0 aromatic carbocycles. The zero-order chi connectivity index (χ0) is 10.6. The molecular weight excluding hydrogens is 196 g/mol. The van der Waals surface area contributed by atoms with Gasteiger partial charge in [-0.25, -0.2) is 4.98 Å². The molecule has 1 aromatic heterocycles. The summed E-state index contributed by atoms with van der Waals surface area (Å²) in [6.07, 6.45) is 0.402. The molecule has 1 heterocycles. The molecule has 0 saturated carbocycles. The van der Waals surface area contributed by atoms with Crippen LogP contribution in [0, 0.1) is 13.8 Å². The van der Waals surface area contributed by atoms with E-state index in [0.717, 1.165) is 10.7 Å². The lowest BCUT2D eigenvalue weighted by atomic mass is 10.3. The Bertz CT molecular complexity index is 319. The number of nitrogens with two attached hydrogens (primary N) is 1. The van der Waals surface area contributed by atoms with E-state index in [1.54, 1.807) is 11.8 Å². The molecule has 0 aliphatic rings.